The monoisotopic (exact) mass is 322 g/mol. The number of rotatable bonds is 3. The summed E-state index contributed by atoms with van der Waals surface area (Å²) in [5, 5.41) is 39.0. The van der Waals surface area contributed by atoms with Crippen molar-refractivity contribution in [2.75, 3.05) is 13.2 Å². The predicted molar refractivity (Wildman–Crippen MR) is 69.2 cm³/mol. The minimum atomic E-state index is -1.33. The molecule has 0 amide bonds. The zero-order valence-corrected chi connectivity index (χ0v) is 11.8. The van der Waals surface area contributed by atoms with Crippen molar-refractivity contribution < 1.29 is 39.4 Å². The average molecular weight is 322 g/mol. The van der Waals surface area contributed by atoms with E-state index in [9.17, 15) is 20.4 Å². The lowest BCUT2D eigenvalue weighted by Crippen LogP contribution is -2.65. The summed E-state index contributed by atoms with van der Waals surface area (Å²) in [5.41, 5.74) is 11.6. The first-order valence-electron chi connectivity index (χ1n) is 7.18. The molecule has 10 heteroatoms. The third kappa shape index (κ3) is 2.65. The molecule has 3 rings (SSSR count). The van der Waals surface area contributed by atoms with Crippen LogP contribution >= 0.6 is 0 Å². The second-order valence-electron chi connectivity index (χ2n) is 5.83. The quantitative estimate of drug-likeness (QED) is 0.298. The Morgan fingerprint density at radius 3 is 2.41 bits per heavy atom. The molecule has 0 aromatic rings. The minimum absolute atomic E-state index is 0.205. The maximum Gasteiger partial charge on any atom is 0.176 e. The maximum atomic E-state index is 10.2. The summed E-state index contributed by atoms with van der Waals surface area (Å²) in [4.78, 5) is 0. The van der Waals surface area contributed by atoms with Crippen LogP contribution in [0.15, 0.2) is 0 Å². The van der Waals surface area contributed by atoms with E-state index in [-0.39, 0.29) is 6.61 Å². The van der Waals surface area contributed by atoms with Crippen LogP contribution in [-0.2, 0) is 18.9 Å². The van der Waals surface area contributed by atoms with Crippen molar-refractivity contribution in [3.05, 3.63) is 0 Å². The fraction of sp³-hybridized carbons (Fsp3) is 1.00. The molecule has 3 saturated heterocycles. The number of ether oxygens (including phenoxy) is 4. The SMILES string of the molecule is N[C@H]1[C@H](O[C@@H]2C3COC(O3)[C@H](N)[C@H]2O)O[C@H](CO)[C@@H](O)[C@@H]1O. The highest BCUT2D eigenvalue weighted by atomic mass is 16.8. The van der Waals surface area contributed by atoms with Gasteiger partial charge in [0.25, 0.3) is 0 Å². The summed E-state index contributed by atoms with van der Waals surface area (Å²) in [7, 11) is 0. The van der Waals surface area contributed by atoms with Gasteiger partial charge in [0.15, 0.2) is 12.6 Å². The molecule has 2 bridgehead atoms. The van der Waals surface area contributed by atoms with Crippen LogP contribution in [0.3, 0.4) is 0 Å². The van der Waals surface area contributed by atoms with Crippen molar-refractivity contribution in [1.29, 1.82) is 0 Å². The summed E-state index contributed by atoms with van der Waals surface area (Å²) < 4.78 is 21.8. The van der Waals surface area contributed by atoms with Crippen molar-refractivity contribution in [2.45, 2.75) is 61.3 Å². The van der Waals surface area contributed by atoms with Gasteiger partial charge in [-0.3, -0.25) is 0 Å². The van der Waals surface area contributed by atoms with E-state index in [0.717, 1.165) is 0 Å². The minimum Gasteiger partial charge on any atom is -0.394 e. The van der Waals surface area contributed by atoms with Gasteiger partial charge in [0.05, 0.1) is 25.3 Å². The van der Waals surface area contributed by atoms with Gasteiger partial charge < -0.3 is 50.8 Å². The molecule has 3 heterocycles. The molecule has 0 aliphatic carbocycles. The van der Waals surface area contributed by atoms with E-state index in [2.05, 4.69) is 0 Å². The Labute approximate surface area is 126 Å². The first-order chi connectivity index (χ1) is 10.4. The van der Waals surface area contributed by atoms with E-state index in [0.29, 0.717) is 0 Å². The van der Waals surface area contributed by atoms with Gasteiger partial charge in [-0.25, -0.2) is 0 Å². The number of hydrogen-bond donors (Lipinski definition) is 6. The van der Waals surface area contributed by atoms with Gasteiger partial charge in [0.1, 0.15) is 36.6 Å². The lowest BCUT2D eigenvalue weighted by Gasteiger charge is -2.44. The lowest BCUT2D eigenvalue weighted by atomic mass is 9.96. The van der Waals surface area contributed by atoms with Crippen molar-refractivity contribution in [3.63, 3.8) is 0 Å². The van der Waals surface area contributed by atoms with E-state index < -0.39 is 67.9 Å². The molecule has 0 aromatic carbocycles. The molecule has 128 valence electrons. The van der Waals surface area contributed by atoms with Crippen molar-refractivity contribution in [1.82, 2.24) is 0 Å². The zero-order chi connectivity index (χ0) is 16.0. The maximum absolute atomic E-state index is 10.2. The third-order valence-corrected chi connectivity index (χ3v) is 4.36. The molecule has 22 heavy (non-hydrogen) atoms. The number of nitrogens with two attached hydrogens (primary N) is 2. The molecular formula is C12H22N2O8. The normalized spacial score (nSPS) is 55.4. The van der Waals surface area contributed by atoms with Crippen LogP contribution in [0.4, 0.5) is 0 Å². The molecule has 2 unspecified atom stereocenters. The van der Waals surface area contributed by atoms with Gasteiger partial charge in [-0.1, -0.05) is 0 Å². The van der Waals surface area contributed by atoms with Crippen LogP contribution in [0.25, 0.3) is 0 Å². The highest BCUT2D eigenvalue weighted by molar-refractivity contribution is 4.98. The lowest BCUT2D eigenvalue weighted by molar-refractivity contribution is -0.304. The summed E-state index contributed by atoms with van der Waals surface area (Å²) in [6.07, 6.45) is -7.96. The molecule has 0 spiro atoms. The first kappa shape index (κ1) is 16.5. The molecule has 10 nitrogen and oxygen atoms in total. The van der Waals surface area contributed by atoms with E-state index in [1.165, 1.54) is 0 Å². The topological polar surface area (TPSA) is 170 Å². The summed E-state index contributed by atoms with van der Waals surface area (Å²) in [5.74, 6) is 0. The Hall–Kier alpha value is -0.400. The Balaban J connectivity index is 1.71. The fourth-order valence-electron chi connectivity index (χ4n) is 2.96. The highest BCUT2D eigenvalue weighted by Gasteiger charge is 2.52. The smallest absolute Gasteiger partial charge is 0.176 e. The summed E-state index contributed by atoms with van der Waals surface area (Å²) >= 11 is 0. The summed E-state index contributed by atoms with van der Waals surface area (Å²) in [6, 6.07) is -1.84. The molecule has 0 radical (unpaired) electrons. The molecule has 8 N–H and O–H groups in total. The van der Waals surface area contributed by atoms with Crippen LogP contribution in [0.1, 0.15) is 0 Å². The van der Waals surface area contributed by atoms with Crippen LogP contribution in [0.2, 0.25) is 0 Å². The van der Waals surface area contributed by atoms with E-state index >= 15 is 0 Å². The highest BCUT2D eigenvalue weighted by Crippen LogP contribution is 2.31. The molecule has 3 aliphatic heterocycles. The van der Waals surface area contributed by atoms with Crippen LogP contribution in [-0.4, -0.2) is 94.9 Å². The molecule has 0 aromatic heterocycles. The zero-order valence-electron chi connectivity index (χ0n) is 11.8. The van der Waals surface area contributed by atoms with Gasteiger partial charge in [0, 0.05) is 0 Å². The standard InChI is InChI=1S/C12H22N2O8/c13-5-8(17)7(16)3(1-15)20-12(5)22-10-4-2-19-11(21-4)6(14)9(10)18/h3-12,15-18H,1-2,13-14H2/t3-,4?,5-,6-,7-,8-,9-,10-,11?,12+/m1/s1. The van der Waals surface area contributed by atoms with E-state index in [4.69, 9.17) is 30.4 Å². The van der Waals surface area contributed by atoms with Crippen molar-refractivity contribution in [3.8, 4) is 0 Å². The van der Waals surface area contributed by atoms with Crippen molar-refractivity contribution in [2.24, 2.45) is 11.5 Å². The average Bonchev–Trinajstić information content (AvgIpc) is 2.96. The van der Waals surface area contributed by atoms with Gasteiger partial charge in [-0.15, -0.1) is 0 Å². The Bertz CT molecular complexity index is 399. The van der Waals surface area contributed by atoms with Crippen LogP contribution < -0.4 is 11.5 Å². The van der Waals surface area contributed by atoms with E-state index in [1.54, 1.807) is 0 Å². The largest absolute Gasteiger partial charge is 0.394 e. The van der Waals surface area contributed by atoms with Crippen LogP contribution in [0, 0.1) is 0 Å². The molecule has 0 saturated carbocycles. The van der Waals surface area contributed by atoms with Crippen molar-refractivity contribution >= 4 is 0 Å². The number of fused-ring (bicyclic) bond motifs is 2. The van der Waals surface area contributed by atoms with Gasteiger partial charge in [-0.2, -0.15) is 0 Å². The second-order valence-corrected chi connectivity index (χ2v) is 5.83. The number of aliphatic hydroxyl groups is 4. The molecular weight excluding hydrogens is 300 g/mol. The van der Waals surface area contributed by atoms with Crippen LogP contribution in [0.5, 0.6) is 0 Å². The van der Waals surface area contributed by atoms with Gasteiger partial charge >= 0.3 is 0 Å². The van der Waals surface area contributed by atoms with Gasteiger partial charge in [-0.05, 0) is 0 Å². The Morgan fingerprint density at radius 1 is 1.00 bits per heavy atom. The third-order valence-electron chi connectivity index (χ3n) is 4.36. The second kappa shape index (κ2) is 6.24. The Morgan fingerprint density at radius 2 is 1.73 bits per heavy atom. The Kier molecular flexibility index (Phi) is 4.67. The predicted octanol–water partition coefficient (Wildman–Crippen LogP) is -4.42. The first-order valence-corrected chi connectivity index (χ1v) is 7.18. The molecule has 3 aliphatic rings. The fourth-order valence-corrected chi connectivity index (χ4v) is 2.96. The van der Waals surface area contributed by atoms with E-state index in [1.807, 2.05) is 0 Å². The molecule has 3 fully saturated rings. The van der Waals surface area contributed by atoms with Gasteiger partial charge in [0.2, 0.25) is 0 Å². The summed E-state index contributed by atoms with van der Waals surface area (Å²) in [6.45, 7) is -0.306. The number of hydrogen-bond acceptors (Lipinski definition) is 10. The number of aliphatic hydroxyl groups excluding tert-OH is 4. The molecule has 10 atom stereocenters.